The maximum Gasteiger partial charge on any atom is 0.326 e. The van der Waals surface area contributed by atoms with Gasteiger partial charge in [-0.3, -0.25) is 4.90 Å². The number of nitrogens with zero attached hydrogens (tertiary/aromatic N) is 1. The standard InChI is InChI=1S/C17H15ClN2O3S/c18-13-5-4-8-15(11-13)20(16-9-10-24(22,23)12-16)17(21)19-14-6-2-1-3-7-14/h1-11,16H,12H2,(H,19,21). The van der Waals surface area contributed by atoms with Crippen molar-refractivity contribution in [3.8, 4) is 0 Å². The van der Waals surface area contributed by atoms with Crippen molar-refractivity contribution >= 4 is 38.8 Å². The molecule has 2 aromatic rings. The Morgan fingerprint density at radius 1 is 1.12 bits per heavy atom. The summed E-state index contributed by atoms with van der Waals surface area (Å²) in [5, 5.41) is 4.39. The first-order valence-corrected chi connectivity index (χ1v) is 9.36. The highest BCUT2D eigenvalue weighted by Gasteiger charge is 2.31. The van der Waals surface area contributed by atoms with Crippen LogP contribution in [0.5, 0.6) is 0 Å². The summed E-state index contributed by atoms with van der Waals surface area (Å²) >= 11 is 6.02. The van der Waals surface area contributed by atoms with E-state index in [1.165, 1.54) is 11.0 Å². The molecule has 7 heteroatoms. The molecular formula is C17H15ClN2O3S. The van der Waals surface area contributed by atoms with E-state index in [1.807, 2.05) is 6.07 Å². The van der Waals surface area contributed by atoms with Crippen LogP contribution in [0.15, 0.2) is 66.1 Å². The van der Waals surface area contributed by atoms with E-state index in [1.54, 1.807) is 48.5 Å². The molecule has 1 N–H and O–H groups in total. The van der Waals surface area contributed by atoms with Gasteiger partial charge in [-0.2, -0.15) is 0 Å². The van der Waals surface area contributed by atoms with Crippen molar-refractivity contribution in [2.75, 3.05) is 16.0 Å². The summed E-state index contributed by atoms with van der Waals surface area (Å²) in [5.41, 5.74) is 1.15. The van der Waals surface area contributed by atoms with Crippen molar-refractivity contribution in [2.24, 2.45) is 0 Å². The number of anilines is 2. The number of benzene rings is 2. The fourth-order valence-electron chi connectivity index (χ4n) is 2.51. The Labute approximate surface area is 145 Å². The molecule has 2 amide bonds. The second-order valence-corrected chi connectivity index (χ2v) is 7.74. The molecule has 0 bridgehead atoms. The Bertz CT molecular complexity index is 882. The first-order valence-electron chi connectivity index (χ1n) is 7.26. The van der Waals surface area contributed by atoms with Crippen LogP contribution in [0, 0.1) is 0 Å². The molecule has 0 fully saturated rings. The molecule has 0 saturated carbocycles. The molecule has 3 rings (SSSR count). The van der Waals surface area contributed by atoms with Crippen LogP contribution in [0.2, 0.25) is 5.02 Å². The molecule has 124 valence electrons. The molecule has 24 heavy (non-hydrogen) atoms. The summed E-state index contributed by atoms with van der Waals surface area (Å²) in [6, 6.07) is 14.7. The minimum atomic E-state index is -3.30. The van der Waals surface area contributed by atoms with Crippen LogP contribution in [0.1, 0.15) is 0 Å². The highest BCUT2D eigenvalue weighted by molar-refractivity contribution is 7.94. The number of halogens is 1. The molecule has 5 nitrogen and oxygen atoms in total. The number of rotatable bonds is 3. The van der Waals surface area contributed by atoms with E-state index < -0.39 is 21.9 Å². The summed E-state index contributed by atoms with van der Waals surface area (Å²) in [5.74, 6) is -0.151. The third-order valence-corrected chi connectivity index (χ3v) is 5.19. The molecule has 1 atom stereocenters. The summed E-state index contributed by atoms with van der Waals surface area (Å²) in [6.07, 6.45) is 1.51. The molecule has 1 aliphatic rings. The maximum atomic E-state index is 12.8. The predicted molar refractivity (Wildman–Crippen MR) is 96.1 cm³/mol. The molecule has 1 aliphatic heterocycles. The monoisotopic (exact) mass is 362 g/mol. The minimum absolute atomic E-state index is 0.151. The van der Waals surface area contributed by atoms with Crippen LogP contribution < -0.4 is 10.2 Å². The van der Waals surface area contributed by atoms with Crippen molar-refractivity contribution in [1.29, 1.82) is 0 Å². The molecule has 0 aromatic heterocycles. The molecule has 2 aromatic carbocycles. The highest BCUT2D eigenvalue weighted by atomic mass is 35.5. The number of hydrogen-bond acceptors (Lipinski definition) is 3. The van der Waals surface area contributed by atoms with Crippen molar-refractivity contribution in [2.45, 2.75) is 6.04 Å². The lowest BCUT2D eigenvalue weighted by molar-refractivity contribution is 0.256. The molecule has 0 radical (unpaired) electrons. The number of sulfone groups is 1. The average molecular weight is 363 g/mol. The molecular weight excluding hydrogens is 348 g/mol. The fourth-order valence-corrected chi connectivity index (χ4v) is 3.96. The Balaban J connectivity index is 1.93. The van der Waals surface area contributed by atoms with Gasteiger partial charge in [0.25, 0.3) is 0 Å². The van der Waals surface area contributed by atoms with Gasteiger partial charge in [0.15, 0.2) is 9.84 Å². The van der Waals surface area contributed by atoms with Gasteiger partial charge in [0.1, 0.15) is 0 Å². The van der Waals surface area contributed by atoms with Gasteiger partial charge in [0.2, 0.25) is 0 Å². The second-order valence-electron chi connectivity index (χ2n) is 5.37. The lowest BCUT2D eigenvalue weighted by atomic mass is 10.2. The van der Waals surface area contributed by atoms with Crippen LogP contribution >= 0.6 is 11.6 Å². The fraction of sp³-hybridized carbons (Fsp3) is 0.118. The second kappa shape index (κ2) is 6.67. The number of urea groups is 1. The number of carbonyl (C=O) groups is 1. The zero-order valence-corrected chi connectivity index (χ0v) is 14.2. The zero-order valence-electron chi connectivity index (χ0n) is 12.6. The van der Waals surface area contributed by atoms with Gasteiger partial charge in [-0.1, -0.05) is 35.9 Å². The van der Waals surface area contributed by atoms with Crippen molar-refractivity contribution in [3.63, 3.8) is 0 Å². The number of nitrogens with one attached hydrogen (secondary N) is 1. The quantitative estimate of drug-likeness (QED) is 0.905. The number of hydrogen-bond donors (Lipinski definition) is 1. The molecule has 1 heterocycles. The Kier molecular flexibility index (Phi) is 4.59. The van der Waals surface area contributed by atoms with Gasteiger partial charge in [-0.15, -0.1) is 0 Å². The largest absolute Gasteiger partial charge is 0.326 e. The van der Waals surface area contributed by atoms with Crippen LogP contribution in [0.3, 0.4) is 0 Å². The third kappa shape index (κ3) is 3.77. The first kappa shape index (κ1) is 16.5. The smallest absolute Gasteiger partial charge is 0.308 e. The van der Waals surface area contributed by atoms with Gasteiger partial charge >= 0.3 is 6.03 Å². The van der Waals surface area contributed by atoms with E-state index in [9.17, 15) is 13.2 Å². The zero-order chi connectivity index (χ0) is 17.2. The van der Waals surface area contributed by atoms with E-state index in [0.29, 0.717) is 16.4 Å². The summed E-state index contributed by atoms with van der Waals surface area (Å²) in [6.45, 7) is 0. The maximum absolute atomic E-state index is 12.8. The summed E-state index contributed by atoms with van der Waals surface area (Å²) < 4.78 is 23.5. The van der Waals surface area contributed by atoms with E-state index in [-0.39, 0.29) is 5.75 Å². The molecule has 0 aliphatic carbocycles. The van der Waals surface area contributed by atoms with E-state index in [0.717, 1.165) is 5.41 Å². The van der Waals surface area contributed by atoms with Crippen LogP contribution in [-0.2, 0) is 9.84 Å². The van der Waals surface area contributed by atoms with Gasteiger partial charge in [-0.05, 0) is 36.4 Å². The van der Waals surface area contributed by atoms with Crippen LogP contribution in [0.25, 0.3) is 0 Å². The van der Waals surface area contributed by atoms with E-state index in [2.05, 4.69) is 5.32 Å². The van der Waals surface area contributed by atoms with Crippen molar-refractivity contribution in [3.05, 3.63) is 71.1 Å². The number of carbonyl (C=O) groups excluding carboxylic acids is 1. The van der Waals surface area contributed by atoms with Gasteiger partial charge in [0, 0.05) is 21.8 Å². The Hall–Kier alpha value is -2.31. The highest BCUT2D eigenvalue weighted by Crippen LogP contribution is 2.26. The Morgan fingerprint density at radius 2 is 1.88 bits per heavy atom. The SMILES string of the molecule is O=C(Nc1ccccc1)N(c1cccc(Cl)c1)C1C=CS(=O)(=O)C1. The number of para-hydroxylation sites is 1. The predicted octanol–water partition coefficient (Wildman–Crippen LogP) is 3.69. The lowest BCUT2D eigenvalue weighted by Gasteiger charge is -2.28. The molecule has 1 unspecified atom stereocenters. The number of amides is 2. The van der Waals surface area contributed by atoms with Crippen LogP contribution in [0.4, 0.5) is 16.2 Å². The first-order chi connectivity index (χ1) is 11.4. The van der Waals surface area contributed by atoms with Crippen molar-refractivity contribution in [1.82, 2.24) is 0 Å². The molecule has 0 spiro atoms. The van der Waals surface area contributed by atoms with Gasteiger partial charge in [0.05, 0.1) is 11.8 Å². The third-order valence-electron chi connectivity index (χ3n) is 3.57. The van der Waals surface area contributed by atoms with E-state index in [4.69, 9.17) is 11.6 Å². The van der Waals surface area contributed by atoms with Gasteiger partial charge < -0.3 is 5.32 Å². The Morgan fingerprint density at radius 3 is 2.50 bits per heavy atom. The van der Waals surface area contributed by atoms with Gasteiger partial charge in [-0.25, -0.2) is 13.2 Å². The summed E-state index contributed by atoms with van der Waals surface area (Å²) in [4.78, 5) is 14.2. The topological polar surface area (TPSA) is 66.5 Å². The van der Waals surface area contributed by atoms with E-state index >= 15 is 0 Å². The van der Waals surface area contributed by atoms with Crippen LogP contribution in [-0.4, -0.2) is 26.2 Å². The normalized spacial score (nSPS) is 18.3. The van der Waals surface area contributed by atoms with Crippen molar-refractivity contribution < 1.29 is 13.2 Å². The summed E-state index contributed by atoms with van der Waals surface area (Å²) in [7, 11) is -3.30. The molecule has 0 saturated heterocycles. The lowest BCUT2D eigenvalue weighted by Crippen LogP contribution is -2.43. The minimum Gasteiger partial charge on any atom is -0.308 e. The average Bonchev–Trinajstić information content (AvgIpc) is 2.88.